The molecule has 1 aliphatic heterocycles. The van der Waals surface area contributed by atoms with E-state index in [1.54, 1.807) is 4.90 Å². The van der Waals surface area contributed by atoms with Gasteiger partial charge in [-0.2, -0.15) is 4.39 Å². The van der Waals surface area contributed by atoms with Crippen LogP contribution in [0.5, 0.6) is 0 Å². The van der Waals surface area contributed by atoms with E-state index < -0.39 is 16.4 Å². The van der Waals surface area contributed by atoms with Crippen molar-refractivity contribution in [2.24, 2.45) is 5.73 Å². The van der Waals surface area contributed by atoms with Gasteiger partial charge in [0.2, 0.25) is 5.82 Å². The van der Waals surface area contributed by atoms with E-state index in [9.17, 15) is 14.5 Å². The molecule has 0 amide bonds. The lowest BCUT2D eigenvalue weighted by atomic mass is 10.1. The number of nitrogens with two attached hydrogens (primary N) is 1. The molecule has 1 aromatic rings. The average Bonchev–Trinajstić information content (AvgIpc) is 2.12. The van der Waals surface area contributed by atoms with Crippen LogP contribution in [-0.2, 0) is 0 Å². The van der Waals surface area contributed by atoms with Gasteiger partial charge in [0.1, 0.15) is 5.69 Å². The fraction of sp³-hybridized carbons (Fsp3) is 0.333. The summed E-state index contributed by atoms with van der Waals surface area (Å²) in [4.78, 5) is 11.7. The standard InChI is InChI=1S/C9H10FN3O2/c10-7-2-1-3-8(9(7)13(14)15)12-4-6(11)5-12/h1-3,6H,4-5,11H2. The summed E-state index contributed by atoms with van der Waals surface area (Å²) in [5.74, 6) is -0.807. The van der Waals surface area contributed by atoms with E-state index in [2.05, 4.69) is 0 Å². The first kappa shape index (κ1) is 9.85. The number of nitro benzene ring substituents is 1. The molecule has 2 N–H and O–H groups in total. The first-order valence-electron chi connectivity index (χ1n) is 4.53. The SMILES string of the molecule is NC1CN(c2cccc(F)c2[N+](=O)[O-])C1. The summed E-state index contributed by atoms with van der Waals surface area (Å²) < 4.78 is 13.2. The van der Waals surface area contributed by atoms with Crippen LogP contribution in [0.2, 0.25) is 0 Å². The average molecular weight is 211 g/mol. The quantitative estimate of drug-likeness (QED) is 0.582. The molecule has 0 atom stereocenters. The van der Waals surface area contributed by atoms with E-state index >= 15 is 0 Å². The number of halogens is 1. The largest absolute Gasteiger partial charge is 0.363 e. The van der Waals surface area contributed by atoms with Crippen LogP contribution in [0.3, 0.4) is 0 Å². The highest BCUT2D eigenvalue weighted by Gasteiger charge is 2.30. The summed E-state index contributed by atoms with van der Waals surface area (Å²) in [5.41, 5.74) is 5.40. The Morgan fingerprint density at radius 3 is 2.73 bits per heavy atom. The molecule has 6 heteroatoms. The minimum absolute atomic E-state index is 0.0212. The van der Waals surface area contributed by atoms with Gasteiger partial charge in [0.15, 0.2) is 0 Å². The van der Waals surface area contributed by atoms with Crippen LogP contribution >= 0.6 is 0 Å². The van der Waals surface area contributed by atoms with E-state index in [0.717, 1.165) is 6.07 Å². The summed E-state index contributed by atoms with van der Waals surface area (Å²) in [6, 6.07) is 4.10. The highest BCUT2D eigenvalue weighted by molar-refractivity contribution is 5.65. The van der Waals surface area contributed by atoms with Crippen LogP contribution in [0.4, 0.5) is 15.8 Å². The highest BCUT2D eigenvalue weighted by atomic mass is 19.1. The van der Waals surface area contributed by atoms with Gasteiger partial charge >= 0.3 is 5.69 Å². The lowest BCUT2D eigenvalue weighted by Gasteiger charge is -2.38. The first-order chi connectivity index (χ1) is 7.09. The predicted octanol–water partition coefficient (Wildman–Crippen LogP) is 0.881. The van der Waals surface area contributed by atoms with Crippen LogP contribution in [0, 0.1) is 15.9 Å². The van der Waals surface area contributed by atoms with Gasteiger partial charge < -0.3 is 10.6 Å². The van der Waals surface area contributed by atoms with Crippen LogP contribution < -0.4 is 10.6 Å². The Morgan fingerprint density at radius 2 is 2.20 bits per heavy atom. The predicted molar refractivity (Wildman–Crippen MR) is 53.2 cm³/mol. The second-order valence-corrected chi connectivity index (χ2v) is 3.53. The molecule has 15 heavy (non-hydrogen) atoms. The van der Waals surface area contributed by atoms with Crippen molar-refractivity contribution in [3.8, 4) is 0 Å². The maximum atomic E-state index is 13.2. The van der Waals surface area contributed by atoms with Gasteiger partial charge in [-0.25, -0.2) is 0 Å². The smallest absolute Gasteiger partial charge is 0.327 e. The molecule has 1 saturated heterocycles. The van der Waals surface area contributed by atoms with E-state index in [-0.39, 0.29) is 6.04 Å². The molecular weight excluding hydrogens is 201 g/mol. The van der Waals surface area contributed by atoms with Gasteiger partial charge in [0.25, 0.3) is 0 Å². The Hall–Kier alpha value is -1.69. The minimum Gasteiger partial charge on any atom is -0.363 e. The van der Waals surface area contributed by atoms with Crippen molar-refractivity contribution in [3.63, 3.8) is 0 Å². The van der Waals surface area contributed by atoms with Gasteiger partial charge in [-0.15, -0.1) is 0 Å². The zero-order valence-electron chi connectivity index (χ0n) is 7.89. The summed E-state index contributed by atoms with van der Waals surface area (Å²) >= 11 is 0. The molecule has 0 spiro atoms. The van der Waals surface area contributed by atoms with Gasteiger partial charge in [0, 0.05) is 19.1 Å². The molecule has 2 rings (SSSR count). The van der Waals surface area contributed by atoms with Crippen LogP contribution in [0.1, 0.15) is 0 Å². The van der Waals surface area contributed by atoms with Crippen molar-refractivity contribution >= 4 is 11.4 Å². The van der Waals surface area contributed by atoms with E-state index in [1.165, 1.54) is 12.1 Å². The molecule has 0 radical (unpaired) electrons. The Balaban J connectivity index is 2.38. The van der Waals surface area contributed by atoms with Crippen LogP contribution in [-0.4, -0.2) is 24.1 Å². The molecule has 80 valence electrons. The first-order valence-corrected chi connectivity index (χ1v) is 4.53. The van der Waals surface area contributed by atoms with Crippen molar-refractivity contribution in [3.05, 3.63) is 34.1 Å². The third kappa shape index (κ3) is 1.63. The molecule has 0 bridgehead atoms. The summed E-state index contributed by atoms with van der Waals surface area (Å²) in [6.45, 7) is 1.06. The molecule has 0 aromatic heterocycles. The molecule has 1 aromatic carbocycles. The van der Waals surface area contributed by atoms with Gasteiger partial charge in [0.05, 0.1) is 4.92 Å². The number of nitrogens with zero attached hydrogens (tertiary/aromatic N) is 2. The molecule has 1 heterocycles. The van der Waals surface area contributed by atoms with Gasteiger partial charge in [-0.1, -0.05) is 6.07 Å². The molecule has 1 fully saturated rings. The zero-order valence-corrected chi connectivity index (χ0v) is 7.89. The van der Waals surface area contributed by atoms with Crippen molar-refractivity contribution in [2.45, 2.75) is 6.04 Å². The van der Waals surface area contributed by atoms with Gasteiger partial charge in [-0.05, 0) is 12.1 Å². The van der Waals surface area contributed by atoms with E-state index in [1.807, 2.05) is 0 Å². The Morgan fingerprint density at radius 1 is 1.53 bits per heavy atom. The zero-order chi connectivity index (χ0) is 11.0. The number of nitro groups is 1. The Labute approximate surface area is 85.4 Å². The Kier molecular flexibility index (Phi) is 2.28. The number of hydrogen-bond acceptors (Lipinski definition) is 4. The second kappa shape index (κ2) is 3.47. The number of benzene rings is 1. The van der Waals surface area contributed by atoms with Crippen molar-refractivity contribution in [1.82, 2.24) is 0 Å². The number of hydrogen-bond donors (Lipinski definition) is 1. The normalized spacial score (nSPS) is 16.3. The molecule has 5 nitrogen and oxygen atoms in total. The fourth-order valence-electron chi connectivity index (χ4n) is 1.65. The second-order valence-electron chi connectivity index (χ2n) is 3.53. The van der Waals surface area contributed by atoms with Crippen LogP contribution in [0.15, 0.2) is 18.2 Å². The summed E-state index contributed by atoms with van der Waals surface area (Å²) in [6.07, 6.45) is 0. The minimum atomic E-state index is -0.807. The van der Waals surface area contributed by atoms with E-state index in [4.69, 9.17) is 5.73 Å². The number of anilines is 1. The lowest BCUT2D eigenvalue weighted by molar-refractivity contribution is -0.386. The number of para-hydroxylation sites is 1. The van der Waals surface area contributed by atoms with Crippen LogP contribution in [0.25, 0.3) is 0 Å². The lowest BCUT2D eigenvalue weighted by Crippen LogP contribution is -2.56. The Bertz CT molecular complexity index is 404. The maximum absolute atomic E-state index is 13.2. The summed E-state index contributed by atoms with van der Waals surface area (Å²) in [5, 5.41) is 10.7. The van der Waals surface area contributed by atoms with Crippen molar-refractivity contribution in [1.29, 1.82) is 0 Å². The van der Waals surface area contributed by atoms with E-state index in [0.29, 0.717) is 18.8 Å². The summed E-state index contributed by atoms with van der Waals surface area (Å²) in [7, 11) is 0. The fourth-order valence-corrected chi connectivity index (χ4v) is 1.65. The monoisotopic (exact) mass is 211 g/mol. The van der Waals surface area contributed by atoms with Crippen molar-refractivity contribution < 1.29 is 9.31 Å². The molecule has 1 aliphatic rings. The maximum Gasteiger partial charge on any atom is 0.327 e. The highest BCUT2D eigenvalue weighted by Crippen LogP contribution is 2.32. The molecule has 0 saturated carbocycles. The third-order valence-electron chi connectivity index (χ3n) is 2.40. The third-order valence-corrected chi connectivity index (χ3v) is 2.40. The van der Waals surface area contributed by atoms with Crippen molar-refractivity contribution in [2.75, 3.05) is 18.0 Å². The number of rotatable bonds is 2. The topological polar surface area (TPSA) is 72.4 Å². The molecule has 0 unspecified atom stereocenters. The van der Waals surface area contributed by atoms with Gasteiger partial charge in [-0.3, -0.25) is 10.1 Å². The molecular formula is C9H10FN3O2. The molecule has 0 aliphatic carbocycles.